The van der Waals surface area contributed by atoms with E-state index in [0.29, 0.717) is 30.4 Å². The zero-order chi connectivity index (χ0) is 16.2. The summed E-state index contributed by atoms with van der Waals surface area (Å²) in [7, 11) is 0. The third-order valence-corrected chi connectivity index (χ3v) is 4.48. The number of thiazole rings is 1. The summed E-state index contributed by atoms with van der Waals surface area (Å²) in [5.41, 5.74) is 7.18. The molecule has 0 amide bonds. The van der Waals surface area contributed by atoms with Crippen LogP contribution in [0.2, 0.25) is 0 Å². The molecule has 1 atom stereocenters. The molecule has 0 spiro atoms. The summed E-state index contributed by atoms with van der Waals surface area (Å²) in [5, 5.41) is 2.66. The predicted molar refractivity (Wildman–Crippen MR) is 105 cm³/mol. The molecule has 0 radical (unpaired) electrons. The summed E-state index contributed by atoms with van der Waals surface area (Å²) in [4.78, 5) is 10.9. The first-order chi connectivity index (χ1) is 11.1. The highest BCUT2D eigenvalue weighted by molar-refractivity contribution is 14.0. The van der Waals surface area contributed by atoms with Crippen molar-refractivity contribution in [2.75, 3.05) is 19.7 Å². The average Bonchev–Trinajstić information content (AvgIpc) is 3.02. The molecule has 8 heteroatoms. The van der Waals surface area contributed by atoms with Crippen LogP contribution in [0.3, 0.4) is 0 Å². The minimum atomic E-state index is -0.269. The molecule has 130 valence electrons. The van der Waals surface area contributed by atoms with Crippen molar-refractivity contribution in [3.05, 3.63) is 40.5 Å². The maximum absolute atomic E-state index is 13.8. The smallest absolute Gasteiger partial charge is 0.191 e. The number of ether oxygens (including phenoxy) is 1. The first kappa shape index (κ1) is 19.1. The first-order valence-electron chi connectivity index (χ1n) is 7.49. The first-order valence-corrected chi connectivity index (χ1v) is 8.37. The van der Waals surface area contributed by atoms with Crippen LogP contribution in [0.5, 0.6) is 0 Å². The van der Waals surface area contributed by atoms with E-state index in [1.165, 1.54) is 17.4 Å². The Morgan fingerprint density at radius 1 is 1.50 bits per heavy atom. The molecular weight excluding hydrogens is 442 g/mol. The van der Waals surface area contributed by atoms with Crippen LogP contribution in [-0.4, -0.2) is 41.6 Å². The zero-order valence-electron chi connectivity index (χ0n) is 13.3. The Balaban J connectivity index is 0.00000208. The summed E-state index contributed by atoms with van der Waals surface area (Å²) in [5.74, 6) is 0.234. The topological polar surface area (TPSA) is 63.7 Å². The molecule has 1 fully saturated rings. The van der Waals surface area contributed by atoms with Crippen LogP contribution in [0.4, 0.5) is 4.39 Å². The van der Waals surface area contributed by atoms with Crippen molar-refractivity contribution in [3.63, 3.8) is 0 Å². The summed E-state index contributed by atoms with van der Waals surface area (Å²) < 4.78 is 19.3. The van der Waals surface area contributed by atoms with Gasteiger partial charge in [0.15, 0.2) is 5.96 Å². The van der Waals surface area contributed by atoms with Crippen LogP contribution < -0.4 is 5.73 Å². The van der Waals surface area contributed by atoms with E-state index in [4.69, 9.17) is 10.5 Å². The van der Waals surface area contributed by atoms with Gasteiger partial charge in [-0.25, -0.2) is 14.4 Å². The quantitative estimate of drug-likeness (QED) is 0.433. The van der Waals surface area contributed by atoms with Gasteiger partial charge < -0.3 is 15.4 Å². The van der Waals surface area contributed by atoms with E-state index in [0.717, 1.165) is 18.1 Å². The van der Waals surface area contributed by atoms with Gasteiger partial charge in [0.25, 0.3) is 0 Å². The number of halogens is 2. The number of benzene rings is 1. The van der Waals surface area contributed by atoms with Crippen LogP contribution in [0.25, 0.3) is 11.3 Å². The number of nitrogens with two attached hydrogens (primary N) is 1. The lowest BCUT2D eigenvalue weighted by Gasteiger charge is -2.31. The van der Waals surface area contributed by atoms with Crippen molar-refractivity contribution in [1.29, 1.82) is 0 Å². The number of rotatable bonds is 3. The Bertz CT molecular complexity index is 709. The number of morpholine rings is 1. The molecule has 1 aromatic carbocycles. The molecule has 1 aliphatic rings. The molecule has 1 saturated heterocycles. The van der Waals surface area contributed by atoms with E-state index < -0.39 is 0 Å². The normalized spacial score (nSPS) is 18.3. The lowest BCUT2D eigenvalue weighted by atomic mass is 10.2. The summed E-state index contributed by atoms with van der Waals surface area (Å²) >= 11 is 1.46. The lowest BCUT2D eigenvalue weighted by molar-refractivity contribution is 0.00529. The highest BCUT2D eigenvalue weighted by atomic mass is 127. The van der Waals surface area contributed by atoms with E-state index in [2.05, 4.69) is 9.98 Å². The summed E-state index contributed by atoms with van der Waals surface area (Å²) in [6.07, 6.45) is 0.157. The van der Waals surface area contributed by atoms with Gasteiger partial charge in [0, 0.05) is 24.0 Å². The van der Waals surface area contributed by atoms with Gasteiger partial charge in [0.2, 0.25) is 0 Å². The van der Waals surface area contributed by atoms with E-state index >= 15 is 0 Å². The Hall–Kier alpha value is -1.26. The highest BCUT2D eigenvalue weighted by Gasteiger charge is 2.18. The standard InChI is InChI=1S/C16H19FN4OS.HI/c1-11-9-21(6-7-22-11)16(18)19-8-15-20-14(10-23-15)12-4-2-3-5-13(12)17;/h2-5,10-11H,6-9H2,1H3,(H2,18,19);1H. The molecule has 24 heavy (non-hydrogen) atoms. The van der Waals surface area contributed by atoms with Crippen molar-refractivity contribution in [1.82, 2.24) is 9.88 Å². The van der Waals surface area contributed by atoms with Crippen LogP contribution in [0.1, 0.15) is 11.9 Å². The molecule has 1 aromatic heterocycles. The van der Waals surface area contributed by atoms with Crippen LogP contribution >= 0.6 is 35.3 Å². The zero-order valence-corrected chi connectivity index (χ0v) is 16.5. The van der Waals surface area contributed by atoms with Gasteiger partial charge in [0.1, 0.15) is 10.8 Å². The minimum absolute atomic E-state index is 0. The maximum Gasteiger partial charge on any atom is 0.191 e. The van der Waals surface area contributed by atoms with Gasteiger partial charge in [-0.15, -0.1) is 35.3 Å². The van der Waals surface area contributed by atoms with E-state index in [-0.39, 0.29) is 35.9 Å². The molecule has 1 unspecified atom stereocenters. The molecule has 0 aliphatic carbocycles. The predicted octanol–water partition coefficient (Wildman–Crippen LogP) is 3.10. The largest absolute Gasteiger partial charge is 0.375 e. The van der Waals surface area contributed by atoms with Gasteiger partial charge in [-0.2, -0.15) is 0 Å². The average molecular weight is 462 g/mol. The van der Waals surface area contributed by atoms with Gasteiger partial charge in [0.05, 0.1) is 24.9 Å². The Morgan fingerprint density at radius 2 is 2.29 bits per heavy atom. The number of hydrogen-bond acceptors (Lipinski definition) is 4. The SMILES string of the molecule is CC1CN(C(N)=NCc2nc(-c3ccccc3F)cs2)CCO1.I. The van der Waals surface area contributed by atoms with E-state index in [9.17, 15) is 4.39 Å². The fourth-order valence-corrected chi connectivity index (χ4v) is 3.17. The molecular formula is C16H20FIN4OS. The molecule has 2 heterocycles. The Morgan fingerprint density at radius 3 is 3.04 bits per heavy atom. The third-order valence-electron chi connectivity index (χ3n) is 3.64. The number of aliphatic imine (C=N–C) groups is 1. The molecule has 2 N–H and O–H groups in total. The van der Waals surface area contributed by atoms with Crippen LogP contribution in [-0.2, 0) is 11.3 Å². The van der Waals surface area contributed by atoms with Crippen molar-refractivity contribution >= 4 is 41.3 Å². The Labute approximate surface area is 161 Å². The monoisotopic (exact) mass is 462 g/mol. The second-order valence-electron chi connectivity index (χ2n) is 5.41. The van der Waals surface area contributed by atoms with Gasteiger partial charge in [-0.3, -0.25) is 0 Å². The second-order valence-corrected chi connectivity index (χ2v) is 6.35. The number of guanidine groups is 1. The van der Waals surface area contributed by atoms with Crippen LogP contribution in [0.15, 0.2) is 34.6 Å². The summed E-state index contributed by atoms with van der Waals surface area (Å²) in [6.45, 7) is 4.56. The highest BCUT2D eigenvalue weighted by Crippen LogP contribution is 2.24. The molecule has 1 aliphatic heterocycles. The van der Waals surface area contributed by atoms with Crippen molar-refractivity contribution in [3.8, 4) is 11.3 Å². The molecule has 0 saturated carbocycles. The summed E-state index contributed by atoms with van der Waals surface area (Å²) in [6, 6.07) is 6.62. The molecule has 5 nitrogen and oxygen atoms in total. The second kappa shape index (κ2) is 8.72. The maximum atomic E-state index is 13.8. The fraction of sp³-hybridized carbons (Fsp3) is 0.375. The third kappa shape index (κ3) is 4.64. The number of hydrogen-bond donors (Lipinski definition) is 1. The van der Waals surface area contributed by atoms with E-state index in [1.807, 2.05) is 17.2 Å². The lowest BCUT2D eigenvalue weighted by Crippen LogP contribution is -2.47. The van der Waals surface area contributed by atoms with Crippen molar-refractivity contribution < 1.29 is 9.13 Å². The van der Waals surface area contributed by atoms with Gasteiger partial charge >= 0.3 is 0 Å². The van der Waals surface area contributed by atoms with Gasteiger partial charge in [-0.05, 0) is 19.1 Å². The van der Waals surface area contributed by atoms with Gasteiger partial charge in [-0.1, -0.05) is 12.1 Å². The fourth-order valence-electron chi connectivity index (χ4n) is 2.45. The Kier molecular flexibility index (Phi) is 6.93. The minimum Gasteiger partial charge on any atom is -0.375 e. The molecule has 2 aromatic rings. The molecule has 0 bridgehead atoms. The number of nitrogens with zero attached hydrogens (tertiary/aromatic N) is 3. The van der Waals surface area contributed by atoms with Crippen molar-refractivity contribution in [2.24, 2.45) is 10.7 Å². The molecule has 3 rings (SSSR count). The van der Waals surface area contributed by atoms with Crippen LogP contribution in [0, 0.1) is 5.82 Å². The van der Waals surface area contributed by atoms with Crippen molar-refractivity contribution in [2.45, 2.75) is 19.6 Å². The number of aromatic nitrogens is 1. The van der Waals surface area contributed by atoms with E-state index in [1.54, 1.807) is 18.2 Å².